The van der Waals surface area contributed by atoms with Gasteiger partial charge in [-0.3, -0.25) is 4.90 Å². The van der Waals surface area contributed by atoms with Crippen LogP contribution >= 0.6 is 0 Å². The molecule has 0 amide bonds. The van der Waals surface area contributed by atoms with E-state index in [0.717, 1.165) is 49.5 Å². The number of ether oxygens (including phenoxy) is 2. The van der Waals surface area contributed by atoms with Gasteiger partial charge >= 0.3 is 0 Å². The lowest BCUT2D eigenvalue weighted by atomic mass is 9.92. The molecular weight excluding hydrogens is 326 g/mol. The maximum Gasteiger partial charge on any atom is 0.127 e. The number of likely N-dealkylation sites (tertiary alicyclic amines) is 1. The monoisotopic (exact) mass is 355 g/mol. The normalized spacial score (nSPS) is 17.0. The van der Waals surface area contributed by atoms with Crippen molar-refractivity contribution in [1.82, 2.24) is 4.90 Å². The molecule has 1 saturated heterocycles. The molecule has 3 rings (SSSR count). The van der Waals surface area contributed by atoms with Gasteiger partial charge in [0.25, 0.3) is 0 Å². The molecule has 0 aromatic heterocycles. The van der Waals surface area contributed by atoms with E-state index in [9.17, 15) is 5.11 Å². The highest BCUT2D eigenvalue weighted by atomic mass is 16.5. The van der Waals surface area contributed by atoms with E-state index in [1.807, 2.05) is 37.3 Å². The molecule has 0 radical (unpaired) electrons. The zero-order chi connectivity index (χ0) is 18.4. The van der Waals surface area contributed by atoms with Crippen LogP contribution in [0.25, 0.3) is 0 Å². The van der Waals surface area contributed by atoms with Gasteiger partial charge in [0.05, 0.1) is 13.2 Å². The van der Waals surface area contributed by atoms with Gasteiger partial charge in [0.15, 0.2) is 0 Å². The van der Waals surface area contributed by atoms with E-state index >= 15 is 0 Å². The Morgan fingerprint density at radius 3 is 2.50 bits per heavy atom. The summed E-state index contributed by atoms with van der Waals surface area (Å²) in [5, 5.41) is 9.75. The number of hydrogen-bond acceptors (Lipinski definition) is 4. The number of hydrogen-bond donors (Lipinski definition) is 1. The predicted octanol–water partition coefficient (Wildman–Crippen LogP) is 3.87. The zero-order valence-electron chi connectivity index (χ0n) is 15.7. The minimum absolute atomic E-state index is 0.201. The van der Waals surface area contributed by atoms with Gasteiger partial charge in [-0.05, 0) is 50.4 Å². The van der Waals surface area contributed by atoms with Gasteiger partial charge < -0.3 is 14.6 Å². The molecule has 1 heterocycles. The molecule has 0 aliphatic carbocycles. The summed E-state index contributed by atoms with van der Waals surface area (Å²) < 4.78 is 11.5. The van der Waals surface area contributed by atoms with E-state index in [1.165, 1.54) is 5.56 Å². The van der Waals surface area contributed by atoms with Crippen molar-refractivity contribution >= 4 is 0 Å². The standard InChI is InChI=1S/C22H29NO3/c1-17(24)19-10-12-23(13-11-19)15-20-8-9-21(14-22(20)25-2)26-16-18-6-4-3-5-7-18/h3-9,14,17,19,24H,10-13,15-16H2,1-2H3/t17-/m0/s1. The van der Waals surface area contributed by atoms with E-state index < -0.39 is 0 Å². The molecule has 0 spiro atoms. The summed E-state index contributed by atoms with van der Waals surface area (Å²) in [6.07, 6.45) is 1.91. The molecule has 140 valence electrons. The molecule has 2 aromatic rings. The van der Waals surface area contributed by atoms with Gasteiger partial charge in [-0.2, -0.15) is 0 Å². The molecule has 1 fully saturated rings. The van der Waals surface area contributed by atoms with Crippen molar-refractivity contribution in [2.45, 2.75) is 39.0 Å². The van der Waals surface area contributed by atoms with E-state index in [2.05, 4.69) is 23.1 Å². The third-order valence-electron chi connectivity index (χ3n) is 5.22. The Morgan fingerprint density at radius 1 is 1.12 bits per heavy atom. The topological polar surface area (TPSA) is 41.9 Å². The van der Waals surface area contributed by atoms with Crippen molar-refractivity contribution in [2.24, 2.45) is 5.92 Å². The van der Waals surface area contributed by atoms with E-state index in [-0.39, 0.29) is 6.10 Å². The Bertz CT molecular complexity index is 679. The molecule has 4 heteroatoms. The van der Waals surface area contributed by atoms with Crippen molar-refractivity contribution in [1.29, 1.82) is 0 Å². The fraction of sp³-hybridized carbons (Fsp3) is 0.455. The maximum atomic E-state index is 9.75. The third-order valence-corrected chi connectivity index (χ3v) is 5.22. The molecule has 1 atom stereocenters. The Hall–Kier alpha value is -2.04. The van der Waals surface area contributed by atoms with Gasteiger partial charge in [0, 0.05) is 18.2 Å². The van der Waals surface area contributed by atoms with Crippen LogP contribution in [0.2, 0.25) is 0 Å². The Balaban J connectivity index is 1.58. The van der Waals surface area contributed by atoms with Gasteiger partial charge in [-0.1, -0.05) is 36.4 Å². The van der Waals surface area contributed by atoms with Gasteiger partial charge in [0.1, 0.15) is 18.1 Å². The second-order valence-corrected chi connectivity index (χ2v) is 7.10. The van der Waals surface area contributed by atoms with E-state index in [1.54, 1.807) is 7.11 Å². The summed E-state index contributed by atoms with van der Waals surface area (Å²) in [5.74, 6) is 2.12. The summed E-state index contributed by atoms with van der Waals surface area (Å²) in [6.45, 7) is 5.36. The molecule has 26 heavy (non-hydrogen) atoms. The Kier molecular flexibility index (Phi) is 6.53. The molecule has 1 N–H and O–H groups in total. The van der Waals surface area contributed by atoms with Crippen LogP contribution < -0.4 is 9.47 Å². The predicted molar refractivity (Wildman–Crippen MR) is 103 cm³/mol. The van der Waals surface area contributed by atoms with Crippen molar-refractivity contribution in [2.75, 3.05) is 20.2 Å². The fourth-order valence-corrected chi connectivity index (χ4v) is 3.52. The molecule has 0 bridgehead atoms. The van der Waals surface area contributed by atoms with E-state index in [4.69, 9.17) is 9.47 Å². The first-order valence-electron chi connectivity index (χ1n) is 9.40. The lowest BCUT2D eigenvalue weighted by molar-refractivity contribution is 0.0693. The van der Waals surface area contributed by atoms with Crippen molar-refractivity contribution in [3.05, 3.63) is 59.7 Å². The summed E-state index contributed by atoms with van der Waals surface area (Å²) in [6, 6.07) is 16.2. The van der Waals surface area contributed by atoms with Gasteiger partial charge in [0.2, 0.25) is 0 Å². The van der Waals surface area contributed by atoms with Crippen molar-refractivity contribution < 1.29 is 14.6 Å². The number of piperidine rings is 1. The molecular formula is C22H29NO3. The lowest BCUT2D eigenvalue weighted by Crippen LogP contribution is -2.36. The summed E-state index contributed by atoms with van der Waals surface area (Å²) in [7, 11) is 1.71. The van der Waals surface area contributed by atoms with Crippen LogP contribution in [0.15, 0.2) is 48.5 Å². The van der Waals surface area contributed by atoms with Crippen molar-refractivity contribution in [3.63, 3.8) is 0 Å². The van der Waals surface area contributed by atoms with Crippen LogP contribution in [0, 0.1) is 5.92 Å². The molecule has 1 aliphatic rings. The first kappa shape index (κ1) is 18.7. The zero-order valence-corrected chi connectivity index (χ0v) is 15.7. The average molecular weight is 355 g/mol. The molecule has 0 saturated carbocycles. The summed E-state index contributed by atoms with van der Waals surface area (Å²) in [4.78, 5) is 2.43. The first-order chi connectivity index (χ1) is 12.7. The summed E-state index contributed by atoms with van der Waals surface area (Å²) in [5.41, 5.74) is 2.33. The van der Waals surface area contributed by atoms with Gasteiger partial charge in [-0.25, -0.2) is 0 Å². The quantitative estimate of drug-likeness (QED) is 0.819. The highest BCUT2D eigenvalue weighted by molar-refractivity contribution is 5.41. The highest BCUT2D eigenvalue weighted by Crippen LogP contribution is 2.28. The summed E-state index contributed by atoms with van der Waals surface area (Å²) >= 11 is 0. The van der Waals surface area contributed by atoms with E-state index in [0.29, 0.717) is 12.5 Å². The smallest absolute Gasteiger partial charge is 0.127 e. The Labute approximate surface area is 156 Å². The number of aliphatic hydroxyl groups is 1. The fourth-order valence-electron chi connectivity index (χ4n) is 3.52. The second kappa shape index (κ2) is 9.06. The Morgan fingerprint density at radius 2 is 1.85 bits per heavy atom. The first-order valence-corrected chi connectivity index (χ1v) is 9.40. The second-order valence-electron chi connectivity index (χ2n) is 7.10. The number of aliphatic hydroxyl groups excluding tert-OH is 1. The lowest BCUT2D eigenvalue weighted by Gasteiger charge is -2.33. The van der Waals surface area contributed by atoms with Crippen LogP contribution in [-0.2, 0) is 13.2 Å². The van der Waals surface area contributed by atoms with Gasteiger partial charge in [-0.15, -0.1) is 0 Å². The van der Waals surface area contributed by atoms with Crippen LogP contribution in [-0.4, -0.2) is 36.3 Å². The maximum absolute atomic E-state index is 9.75. The van der Waals surface area contributed by atoms with Crippen LogP contribution in [0.5, 0.6) is 11.5 Å². The molecule has 4 nitrogen and oxygen atoms in total. The number of methoxy groups -OCH3 is 1. The SMILES string of the molecule is COc1cc(OCc2ccccc2)ccc1CN1CCC([C@H](C)O)CC1. The largest absolute Gasteiger partial charge is 0.496 e. The number of benzene rings is 2. The molecule has 2 aromatic carbocycles. The number of nitrogens with zero attached hydrogens (tertiary/aromatic N) is 1. The number of rotatable bonds is 7. The third kappa shape index (κ3) is 4.99. The van der Waals surface area contributed by atoms with Crippen molar-refractivity contribution in [3.8, 4) is 11.5 Å². The highest BCUT2D eigenvalue weighted by Gasteiger charge is 2.23. The average Bonchev–Trinajstić information content (AvgIpc) is 2.68. The minimum Gasteiger partial charge on any atom is -0.496 e. The van der Waals surface area contributed by atoms with Crippen LogP contribution in [0.4, 0.5) is 0 Å². The van der Waals surface area contributed by atoms with Crippen LogP contribution in [0.1, 0.15) is 30.9 Å². The minimum atomic E-state index is -0.201. The van der Waals surface area contributed by atoms with Crippen LogP contribution in [0.3, 0.4) is 0 Å². The molecule has 0 unspecified atom stereocenters. The molecule has 1 aliphatic heterocycles.